The van der Waals surface area contributed by atoms with Crippen LogP contribution in [0.25, 0.3) is 0 Å². The van der Waals surface area contributed by atoms with Crippen molar-refractivity contribution in [2.45, 2.75) is 50.7 Å². The van der Waals surface area contributed by atoms with E-state index in [0.717, 1.165) is 16.4 Å². The van der Waals surface area contributed by atoms with Crippen LogP contribution in [-0.2, 0) is 26.2 Å². The van der Waals surface area contributed by atoms with Crippen molar-refractivity contribution < 1.29 is 27.1 Å². The molecule has 40 heavy (non-hydrogen) atoms. The molecule has 11 heteroatoms. The number of amides is 2. The number of carbonyl (C=O) groups excluding carboxylic acids is 2. The summed E-state index contributed by atoms with van der Waals surface area (Å²) in [5.41, 5.74) is 0.683. The Bertz CT molecular complexity index is 1420. The summed E-state index contributed by atoms with van der Waals surface area (Å²) in [6.45, 7) is 4.71. The summed E-state index contributed by atoms with van der Waals surface area (Å²) in [6, 6.07) is 16.3. The summed E-state index contributed by atoms with van der Waals surface area (Å²) >= 11 is 6.39. The highest BCUT2D eigenvalue weighted by Gasteiger charge is 2.34. The predicted molar refractivity (Wildman–Crippen MR) is 153 cm³/mol. The van der Waals surface area contributed by atoms with Crippen LogP contribution in [0.5, 0.6) is 5.75 Å². The molecule has 0 aliphatic heterocycles. The molecule has 0 aromatic heterocycles. The van der Waals surface area contributed by atoms with E-state index in [0.29, 0.717) is 16.3 Å². The third-order valence-corrected chi connectivity index (χ3v) is 8.31. The number of methoxy groups -OCH3 is 1. The fraction of sp³-hybridized carbons (Fsp3) is 0.310. The number of anilines is 1. The molecule has 0 unspecified atom stereocenters. The maximum absolute atomic E-state index is 14.0. The zero-order valence-electron chi connectivity index (χ0n) is 22.8. The molecule has 1 atom stereocenters. The topological polar surface area (TPSA) is 96.0 Å². The summed E-state index contributed by atoms with van der Waals surface area (Å²) in [4.78, 5) is 28.4. The van der Waals surface area contributed by atoms with Crippen molar-refractivity contribution in [3.8, 4) is 5.75 Å². The molecule has 0 radical (unpaired) electrons. The number of carbonyl (C=O) groups is 2. The summed E-state index contributed by atoms with van der Waals surface area (Å²) in [5, 5.41) is 3.24. The Morgan fingerprint density at radius 1 is 1.00 bits per heavy atom. The number of benzene rings is 3. The van der Waals surface area contributed by atoms with Gasteiger partial charge >= 0.3 is 0 Å². The van der Waals surface area contributed by atoms with Crippen LogP contribution >= 0.6 is 11.6 Å². The Morgan fingerprint density at radius 3 is 2.17 bits per heavy atom. The van der Waals surface area contributed by atoms with E-state index in [-0.39, 0.29) is 35.5 Å². The van der Waals surface area contributed by atoms with E-state index in [4.69, 9.17) is 16.3 Å². The number of nitrogens with one attached hydrogen (secondary N) is 1. The summed E-state index contributed by atoms with van der Waals surface area (Å²) in [7, 11) is -2.83. The molecule has 8 nitrogen and oxygen atoms in total. The monoisotopic (exact) mass is 589 g/mol. The molecule has 3 rings (SSSR count). The number of hydrogen-bond donors (Lipinski definition) is 1. The Morgan fingerprint density at radius 2 is 1.62 bits per heavy atom. The second-order valence-corrected chi connectivity index (χ2v) is 11.6. The first-order valence-electron chi connectivity index (χ1n) is 12.7. The third kappa shape index (κ3) is 7.51. The van der Waals surface area contributed by atoms with Gasteiger partial charge in [0.05, 0.1) is 17.7 Å². The lowest BCUT2D eigenvalue weighted by atomic mass is 10.1. The number of nitrogens with zero attached hydrogens (tertiary/aromatic N) is 2. The SMILES string of the molecule is CC[C@H](C(=O)NC(C)C)N(Cc1ccccc1Cl)C(=O)CN(c1ccc(F)cc1)S(=O)(=O)c1ccc(OC)cc1. The van der Waals surface area contributed by atoms with Crippen LogP contribution < -0.4 is 14.4 Å². The van der Waals surface area contributed by atoms with E-state index in [2.05, 4.69) is 5.32 Å². The van der Waals surface area contributed by atoms with Gasteiger partial charge in [0.15, 0.2) is 0 Å². The number of hydrogen-bond acceptors (Lipinski definition) is 5. The highest BCUT2D eigenvalue weighted by Crippen LogP contribution is 2.27. The van der Waals surface area contributed by atoms with E-state index in [1.165, 1.54) is 48.4 Å². The molecular weight excluding hydrogens is 557 g/mol. The largest absolute Gasteiger partial charge is 0.497 e. The summed E-state index contributed by atoms with van der Waals surface area (Å²) < 4.78 is 47.4. The average molecular weight is 590 g/mol. The number of rotatable bonds is 12. The van der Waals surface area contributed by atoms with Crippen molar-refractivity contribution in [2.75, 3.05) is 18.0 Å². The number of sulfonamides is 1. The molecular formula is C29H33ClFN3O5S. The van der Waals surface area contributed by atoms with Gasteiger partial charge in [-0.05, 0) is 80.4 Å². The van der Waals surface area contributed by atoms with Crippen LogP contribution in [0.4, 0.5) is 10.1 Å². The van der Waals surface area contributed by atoms with Crippen molar-refractivity contribution in [1.29, 1.82) is 0 Å². The van der Waals surface area contributed by atoms with Crippen LogP contribution in [0.15, 0.2) is 77.7 Å². The van der Waals surface area contributed by atoms with Gasteiger partial charge in [-0.15, -0.1) is 0 Å². The van der Waals surface area contributed by atoms with Gasteiger partial charge in [0, 0.05) is 17.6 Å². The molecule has 0 bridgehead atoms. The van der Waals surface area contributed by atoms with Gasteiger partial charge in [0.2, 0.25) is 11.8 Å². The lowest BCUT2D eigenvalue weighted by Gasteiger charge is -2.33. The van der Waals surface area contributed by atoms with Crippen molar-refractivity contribution in [1.82, 2.24) is 10.2 Å². The van der Waals surface area contributed by atoms with Gasteiger partial charge < -0.3 is 15.0 Å². The van der Waals surface area contributed by atoms with Gasteiger partial charge in [-0.3, -0.25) is 13.9 Å². The fourth-order valence-electron chi connectivity index (χ4n) is 4.12. The lowest BCUT2D eigenvalue weighted by molar-refractivity contribution is -0.140. The van der Waals surface area contributed by atoms with Gasteiger partial charge in [0.25, 0.3) is 10.0 Å². The standard InChI is InChI=1S/C29H33ClFN3O5S/c1-5-27(29(36)32-20(2)3)33(18-21-8-6-7-9-26(21)30)28(35)19-34(23-12-10-22(31)11-13-23)40(37,38)25-16-14-24(39-4)15-17-25/h6-17,20,27H,5,18-19H2,1-4H3,(H,32,36)/t27-/m1/s1. The number of halogens is 2. The van der Waals surface area contributed by atoms with E-state index in [9.17, 15) is 22.4 Å². The Balaban J connectivity index is 2.07. The zero-order valence-corrected chi connectivity index (χ0v) is 24.4. The van der Waals surface area contributed by atoms with Gasteiger partial charge in [0.1, 0.15) is 24.2 Å². The van der Waals surface area contributed by atoms with Gasteiger partial charge in [-0.2, -0.15) is 0 Å². The predicted octanol–water partition coefficient (Wildman–Crippen LogP) is 5.02. The normalized spacial score (nSPS) is 12.1. The second kappa shape index (κ2) is 13.6. The first-order chi connectivity index (χ1) is 19.0. The maximum Gasteiger partial charge on any atom is 0.264 e. The minimum absolute atomic E-state index is 0.0254. The van der Waals surface area contributed by atoms with Crippen LogP contribution in [-0.4, -0.2) is 50.9 Å². The highest BCUT2D eigenvalue weighted by atomic mass is 35.5. The second-order valence-electron chi connectivity index (χ2n) is 9.36. The quantitative estimate of drug-likeness (QED) is 0.320. The van der Waals surface area contributed by atoms with Gasteiger partial charge in [-0.25, -0.2) is 12.8 Å². The Labute approximate surface area is 239 Å². The van der Waals surface area contributed by atoms with Crippen molar-refractivity contribution >= 4 is 39.1 Å². The van der Waals surface area contributed by atoms with Crippen molar-refractivity contribution in [3.63, 3.8) is 0 Å². The number of ether oxygens (including phenoxy) is 1. The molecule has 214 valence electrons. The molecule has 0 aliphatic carbocycles. The van der Waals surface area contributed by atoms with Crippen molar-refractivity contribution in [3.05, 3.63) is 89.2 Å². The molecule has 0 heterocycles. The van der Waals surface area contributed by atoms with Crippen LogP contribution in [0, 0.1) is 5.82 Å². The molecule has 3 aromatic carbocycles. The molecule has 0 spiro atoms. The molecule has 0 fully saturated rings. The highest BCUT2D eigenvalue weighted by molar-refractivity contribution is 7.92. The Kier molecular flexibility index (Phi) is 10.5. The van der Waals surface area contributed by atoms with E-state index < -0.39 is 34.3 Å². The molecule has 2 amide bonds. The maximum atomic E-state index is 14.0. The zero-order chi connectivity index (χ0) is 29.4. The molecule has 0 aliphatic rings. The van der Waals surface area contributed by atoms with E-state index in [1.54, 1.807) is 31.2 Å². The van der Waals surface area contributed by atoms with E-state index in [1.807, 2.05) is 13.8 Å². The molecule has 0 saturated heterocycles. The minimum atomic E-state index is -4.29. The molecule has 0 saturated carbocycles. The first kappa shape index (κ1) is 30.9. The fourth-order valence-corrected chi connectivity index (χ4v) is 5.73. The molecule has 3 aromatic rings. The minimum Gasteiger partial charge on any atom is -0.497 e. The van der Waals surface area contributed by atoms with Crippen molar-refractivity contribution in [2.24, 2.45) is 0 Å². The summed E-state index contributed by atoms with van der Waals surface area (Å²) in [5.74, 6) is -1.11. The summed E-state index contributed by atoms with van der Waals surface area (Å²) in [6.07, 6.45) is 0.274. The average Bonchev–Trinajstić information content (AvgIpc) is 2.92. The van der Waals surface area contributed by atoms with Crippen LogP contribution in [0.1, 0.15) is 32.8 Å². The van der Waals surface area contributed by atoms with Crippen LogP contribution in [0.2, 0.25) is 5.02 Å². The smallest absolute Gasteiger partial charge is 0.264 e. The first-order valence-corrected chi connectivity index (χ1v) is 14.5. The molecule has 1 N–H and O–H groups in total. The van der Waals surface area contributed by atoms with E-state index >= 15 is 0 Å². The lowest BCUT2D eigenvalue weighted by Crippen LogP contribution is -2.53. The Hall–Kier alpha value is -3.63. The van der Waals surface area contributed by atoms with Crippen LogP contribution in [0.3, 0.4) is 0 Å². The third-order valence-electron chi connectivity index (χ3n) is 6.16. The van der Waals surface area contributed by atoms with Gasteiger partial charge in [-0.1, -0.05) is 36.7 Å².